The minimum absolute atomic E-state index is 0.0630. The molecule has 3 heterocycles. The number of benzene rings is 2. The normalized spacial score (nSPS) is 19.6. The van der Waals surface area contributed by atoms with Gasteiger partial charge in [0.15, 0.2) is 11.0 Å². The Morgan fingerprint density at radius 2 is 1.77 bits per heavy atom. The van der Waals surface area contributed by atoms with Crippen molar-refractivity contribution in [2.75, 3.05) is 25.1 Å². The molecule has 2 aromatic carbocycles. The van der Waals surface area contributed by atoms with E-state index in [2.05, 4.69) is 0 Å². The summed E-state index contributed by atoms with van der Waals surface area (Å²) in [6.07, 6.45) is 0.270. The van der Waals surface area contributed by atoms with E-state index in [-0.39, 0.29) is 42.2 Å². The zero-order valence-electron chi connectivity index (χ0n) is 17.6. The lowest BCUT2D eigenvalue weighted by Gasteiger charge is -2.33. The molecule has 1 aromatic heterocycles. The summed E-state index contributed by atoms with van der Waals surface area (Å²) >= 11 is 0. The number of para-hydroxylation sites is 1. The largest absolute Gasteiger partial charge is 0.450 e. The molecule has 0 fully saturated rings. The number of amides is 2. The van der Waals surface area contributed by atoms with E-state index < -0.39 is 11.4 Å². The summed E-state index contributed by atoms with van der Waals surface area (Å²) in [5.74, 6) is -0.995. The fourth-order valence-electron chi connectivity index (χ4n) is 4.88. The Hall–Kier alpha value is -3.45. The molecule has 1 N–H and O–H groups in total. The van der Waals surface area contributed by atoms with Crippen molar-refractivity contribution in [3.8, 4) is 0 Å². The third-order valence-corrected chi connectivity index (χ3v) is 6.52. The molecule has 31 heavy (non-hydrogen) atoms. The molecule has 2 amide bonds. The average molecular weight is 418 g/mol. The Morgan fingerprint density at radius 3 is 2.52 bits per heavy atom. The maximum absolute atomic E-state index is 13.8. The zero-order valence-corrected chi connectivity index (χ0v) is 17.6. The van der Waals surface area contributed by atoms with Gasteiger partial charge in [-0.1, -0.05) is 18.2 Å². The first kappa shape index (κ1) is 19.5. The van der Waals surface area contributed by atoms with Gasteiger partial charge >= 0.3 is 0 Å². The summed E-state index contributed by atoms with van der Waals surface area (Å²) in [5.41, 5.74) is 1.49. The highest BCUT2D eigenvalue weighted by Crippen LogP contribution is 2.52. The smallest absolute Gasteiger partial charge is 0.291 e. The molecule has 0 saturated carbocycles. The number of hydrogen-bond donors (Lipinski definition) is 1. The van der Waals surface area contributed by atoms with Crippen LogP contribution in [0, 0.1) is 13.8 Å². The fraction of sp³-hybridized carbons (Fsp3) is 0.292. The van der Waals surface area contributed by atoms with Crippen LogP contribution in [0.1, 0.15) is 39.2 Å². The monoisotopic (exact) mass is 418 g/mol. The number of nitrogens with zero attached hydrogens (tertiary/aromatic N) is 2. The van der Waals surface area contributed by atoms with Gasteiger partial charge < -0.3 is 19.3 Å². The molecule has 0 aliphatic carbocycles. The SMILES string of the molecule is Cc1cc2oc3c(c(=O)c2cc1C)[C@]1(C(=O)N(C)c2ccccc21)N(CCCO)C3=O. The lowest BCUT2D eigenvalue weighted by molar-refractivity contribution is -0.125. The quantitative estimate of drug-likeness (QED) is 0.706. The van der Waals surface area contributed by atoms with E-state index in [4.69, 9.17) is 4.42 Å². The van der Waals surface area contributed by atoms with Gasteiger partial charge in [-0.3, -0.25) is 14.4 Å². The van der Waals surface area contributed by atoms with Gasteiger partial charge in [-0.2, -0.15) is 0 Å². The molecule has 5 rings (SSSR count). The Balaban J connectivity index is 1.93. The van der Waals surface area contributed by atoms with Gasteiger partial charge in [0, 0.05) is 31.5 Å². The second kappa shape index (κ2) is 6.52. The molecule has 158 valence electrons. The van der Waals surface area contributed by atoms with Gasteiger partial charge in [0.05, 0.1) is 10.9 Å². The Kier molecular flexibility index (Phi) is 4.10. The van der Waals surface area contributed by atoms with Crippen molar-refractivity contribution in [2.45, 2.75) is 25.8 Å². The fourth-order valence-corrected chi connectivity index (χ4v) is 4.88. The number of aliphatic hydroxyl groups is 1. The molecule has 2 aliphatic rings. The number of likely N-dealkylation sites (N-methyl/N-ethyl adjacent to an activating group) is 1. The van der Waals surface area contributed by atoms with E-state index in [1.807, 2.05) is 19.9 Å². The number of carbonyl (C=O) groups is 2. The predicted molar refractivity (Wildman–Crippen MR) is 115 cm³/mol. The minimum atomic E-state index is -1.60. The van der Waals surface area contributed by atoms with Gasteiger partial charge in [-0.15, -0.1) is 0 Å². The van der Waals surface area contributed by atoms with Gasteiger partial charge in [-0.25, -0.2) is 0 Å². The first-order chi connectivity index (χ1) is 14.8. The number of anilines is 1. The van der Waals surface area contributed by atoms with Crippen LogP contribution in [0.15, 0.2) is 45.6 Å². The molecule has 0 radical (unpaired) electrons. The molecule has 7 heteroatoms. The second-order valence-corrected chi connectivity index (χ2v) is 8.19. The van der Waals surface area contributed by atoms with Crippen LogP contribution in [0.3, 0.4) is 0 Å². The second-order valence-electron chi connectivity index (χ2n) is 8.19. The summed E-state index contributed by atoms with van der Waals surface area (Å²) < 4.78 is 6.00. The Bertz CT molecular complexity index is 1340. The Labute approximate surface area is 178 Å². The van der Waals surface area contributed by atoms with E-state index in [1.54, 1.807) is 37.4 Å². The van der Waals surface area contributed by atoms with Crippen molar-refractivity contribution in [3.05, 3.63) is 74.6 Å². The number of fused-ring (bicyclic) bond motifs is 5. The highest BCUT2D eigenvalue weighted by atomic mass is 16.3. The van der Waals surface area contributed by atoms with E-state index in [9.17, 15) is 19.5 Å². The molecule has 0 saturated heterocycles. The topological polar surface area (TPSA) is 91.1 Å². The molecule has 7 nitrogen and oxygen atoms in total. The molecule has 0 unspecified atom stereocenters. The molecular formula is C24H22N2O5. The third-order valence-electron chi connectivity index (χ3n) is 6.52. The van der Waals surface area contributed by atoms with E-state index in [0.29, 0.717) is 22.2 Å². The lowest BCUT2D eigenvalue weighted by atomic mass is 9.83. The van der Waals surface area contributed by atoms with E-state index in [1.165, 1.54) is 9.80 Å². The number of aliphatic hydroxyl groups excluding tert-OH is 1. The van der Waals surface area contributed by atoms with Crippen LogP contribution in [0.5, 0.6) is 0 Å². The van der Waals surface area contributed by atoms with E-state index in [0.717, 1.165) is 11.1 Å². The maximum atomic E-state index is 13.8. The third kappa shape index (κ3) is 2.29. The highest BCUT2D eigenvalue weighted by Gasteiger charge is 2.64. The van der Waals surface area contributed by atoms with Gasteiger partial charge in [-0.05, 0) is 49.6 Å². The summed E-state index contributed by atoms with van der Waals surface area (Å²) in [7, 11) is 1.64. The molecular weight excluding hydrogens is 396 g/mol. The first-order valence-electron chi connectivity index (χ1n) is 10.2. The van der Waals surface area contributed by atoms with Crippen LogP contribution in [0.25, 0.3) is 11.0 Å². The summed E-state index contributed by atoms with van der Waals surface area (Å²) in [4.78, 5) is 44.0. The minimum Gasteiger partial charge on any atom is -0.450 e. The number of aryl methyl sites for hydroxylation is 2. The van der Waals surface area contributed by atoms with Gasteiger partial charge in [0.2, 0.25) is 5.76 Å². The summed E-state index contributed by atoms with van der Waals surface area (Å²) in [5, 5.41) is 9.77. The van der Waals surface area contributed by atoms with Crippen molar-refractivity contribution in [1.29, 1.82) is 0 Å². The van der Waals surface area contributed by atoms with Crippen LogP contribution in [-0.4, -0.2) is 42.0 Å². The average Bonchev–Trinajstić information content (AvgIpc) is 3.13. The predicted octanol–water partition coefficient (Wildman–Crippen LogP) is 2.47. The van der Waals surface area contributed by atoms with Crippen molar-refractivity contribution < 1.29 is 19.1 Å². The van der Waals surface area contributed by atoms with E-state index >= 15 is 0 Å². The maximum Gasteiger partial charge on any atom is 0.291 e. The highest BCUT2D eigenvalue weighted by molar-refractivity contribution is 6.16. The van der Waals surface area contributed by atoms with Gasteiger partial charge in [0.25, 0.3) is 11.8 Å². The zero-order chi connectivity index (χ0) is 22.1. The lowest BCUT2D eigenvalue weighted by Crippen LogP contribution is -2.53. The molecule has 3 aromatic rings. The van der Waals surface area contributed by atoms with Crippen LogP contribution in [-0.2, 0) is 10.3 Å². The molecule has 1 atom stereocenters. The van der Waals surface area contributed by atoms with Crippen LogP contribution in [0.2, 0.25) is 0 Å². The van der Waals surface area contributed by atoms with Gasteiger partial charge in [0.1, 0.15) is 5.58 Å². The van der Waals surface area contributed by atoms with Crippen LogP contribution in [0.4, 0.5) is 5.69 Å². The van der Waals surface area contributed by atoms with Crippen molar-refractivity contribution in [1.82, 2.24) is 4.90 Å². The van der Waals surface area contributed by atoms with Crippen molar-refractivity contribution in [3.63, 3.8) is 0 Å². The summed E-state index contributed by atoms with van der Waals surface area (Å²) in [6, 6.07) is 10.7. The standard InChI is InChI=1S/C24H22N2O5/c1-13-11-15-18(12-14(13)2)31-21-19(20(15)28)24(26(22(21)29)9-6-10-27)16-7-4-5-8-17(16)25(3)23(24)30/h4-5,7-8,11-12,27H,6,9-10H2,1-3H3/t24-/m1/s1. The molecule has 1 spiro atoms. The van der Waals surface area contributed by atoms with Crippen molar-refractivity contribution in [2.24, 2.45) is 0 Å². The molecule has 0 bridgehead atoms. The Morgan fingerprint density at radius 1 is 1.06 bits per heavy atom. The first-order valence-corrected chi connectivity index (χ1v) is 10.2. The number of hydrogen-bond acceptors (Lipinski definition) is 5. The van der Waals surface area contributed by atoms with Crippen molar-refractivity contribution >= 4 is 28.5 Å². The van der Waals surface area contributed by atoms with Crippen LogP contribution >= 0.6 is 0 Å². The summed E-state index contributed by atoms with van der Waals surface area (Å²) in [6.45, 7) is 3.77. The number of rotatable bonds is 3. The molecule has 2 aliphatic heterocycles. The van der Waals surface area contributed by atoms with Crippen LogP contribution < -0.4 is 10.3 Å². The number of carbonyl (C=O) groups excluding carboxylic acids is 2.